The van der Waals surface area contributed by atoms with E-state index in [4.69, 9.17) is 0 Å². The van der Waals surface area contributed by atoms with Crippen molar-refractivity contribution < 1.29 is 9.59 Å². The van der Waals surface area contributed by atoms with Gasteiger partial charge in [-0.15, -0.1) is 11.3 Å². The van der Waals surface area contributed by atoms with E-state index in [-0.39, 0.29) is 23.9 Å². The zero-order valence-electron chi connectivity index (χ0n) is 13.9. The van der Waals surface area contributed by atoms with Crippen LogP contribution >= 0.6 is 11.3 Å². The van der Waals surface area contributed by atoms with Crippen LogP contribution in [-0.2, 0) is 11.8 Å². The van der Waals surface area contributed by atoms with Crippen molar-refractivity contribution in [2.75, 3.05) is 13.6 Å². The van der Waals surface area contributed by atoms with Crippen LogP contribution < -0.4 is 5.32 Å². The third kappa shape index (κ3) is 3.47. The molecule has 0 aliphatic heterocycles. The Bertz CT molecular complexity index is 689. The molecule has 0 aromatic carbocycles. The molecule has 0 spiro atoms. The number of hydrogen-bond acceptors (Lipinski definition) is 4. The molecule has 0 radical (unpaired) electrons. The maximum atomic E-state index is 12.5. The number of nitrogens with zero attached hydrogens (tertiary/aromatic N) is 3. The summed E-state index contributed by atoms with van der Waals surface area (Å²) in [6.45, 7) is 7.70. The van der Waals surface area contributed by atoms with E-state index in [1.54, 1.807) is 11.7 Å². The molecule has 0 aliphatic carbocycles. The Morgan fingerprint density at radius 3 is 2.59 bits per heavy atom. The van der Waals surface area contributed by atoms with Crippen molar-refractivity contribution in [1.82, 2.24) is 20.0 Å². The number of thiophene rings is 1. The molecule has 0 unspecified atom stereocenters. The van der Waals surface area contributed by atoms with Crippen molar-refractivity contribution in [3.8, 4) is 0 Å². The fraction of sp³-hybridized carbons (Fsp3) is 0.533. The van der Waals surface area contributed by atoms with Gasteiger partial charge in [-0.05, 0) is 33.8 Å². The van der Waals surface area contributed by atoms with Crippen LogP contribution in [0.1, 0.15) is 36.1 Å². The van der Waals surface area contributed by atoms with Crippen molar-refractivity contribution in [1.29, 1.82) is 0 Å². The number of amides is 2. The van der Waals surface area contributed by atoms with E-state index in [0.29, 0.717) is 4.88 Å². The maximum absolute atomic E-state index is 12.5. The van der Waals surface area contributed by atoms with Gasteiger partial charge in [0.2, 0.25) is 5.91 Å². The van der Waals surface area contributed by atoms with E-state index >= 15 is 0 Å². The van der Waals surface area contributed by atoms with E-state index < -0.39 is 0 Å². The number of aryl methyl sites for hydroxylation is 2. The molecule has 0 aliphatic rings. The Morgan fingerprint density at radius 1 is 1.41 bits per heavy atom. The first-order valence-electron chi connectivity index (χ1n) is 7.08. The summed E-state index contributed by atoms with van der Waals surface area (Å²) >= 11 is 1.40. The summed E-state index contributed by atoms with van der Waals surface area (Å²) in [6, 6.07) is 1.85. The summed E-state index contributed by atoms with van der Waals surface area (Å²) in [7, 11) is 3.50. The second-order valence-electron chi connectivity index (χ2n) is 6.50. The summed E-state index contributed by atoms with van der Waals surface area (Å²) in [5.74, 6) is -0.313. The Hall–Kier alpha value is -1.89. The Morgan fingerprint density at radius 2 is 2.05 bits per heavy atom. The molecule has 2 heterocycles. The summed E-state index contributed by atoms with van der Waals surface area (Å²) in [5, 5.41) is 8.16. The molecular weight excluding hydrogens is 300 g/mol. The van der Waals surface area contributed by atoms with Crippen LogP contribution in [0.15, 0.2) is 6.07 Å². The lowest BCUT2D eigenvalue weighted by Crippen LogP contribution is -2.46. The van der Waals surface area contributed by atoms with E-state index in [0.717, 1.165) is 15.9 Å². The van der Waals surface area contributed by atoms with Crippen LogP contribution in [0.5, 0.6) is 0 Å². The van der Waals surface area contributed by atoms with Crippen molar-refractivity contribution in [2.45, 2.75) is 33.2 Å². The van der Waals surface area contributed by atoms with E-state index in [1.165, 1.54) is 16.2 Å². The summed E-state index contributed by atoms with van der Waals surface area (Å²) in [5.41, 5.74) is 0.599. The lowest BCUT2D eigenvalue weighted by molar-refractivity contribution is -0.122. The molecule has 2 aromatic rings. The molecule has 120 valence electrons. The molecule has 22 heavy (non-hydrogen) atoms. The van der Waals surface area contributed by atoms with Gasteiger partial charge in [-0.1, -0.05) is 0 Å². The van der Waals surface area contributed by atoms with Crippen molar-refractivity contribution in [3.63, 3.8) is 0 Å². The zero-order chi connectivity index (χ0) is 16.7. The van der Waals surface area contributed by atoms with Crippen LogP contribution in [0.2, 0.25) is 0 Å². The highest BCUT2D eigenvalue weighted by Crippen LogP contribution is 2.28. The molecule has 2 rings (SSSR count). The first-order valence-corrected chi connectivity index (χ1v) is 7.90. The molecule has 7 heteroatoms. The van der Waals surface area contributed by atoms with Crippen molar-refractivity contribution >= 4 is 33.4 Å². The standard InChI is InChI=1S/C15H22N4O2S/c1-9-10-7-11(22-14(10)19(6)17-9)13(21)18(5)8-12(20)16-15(2,3)4/h7H,8H2,1-6H3,(H,16,20). The third-order valence-electron chi connectivity index (χ3n) is 3.15. The number of carbonyl (C=O) groups excluding carboxylic acids is 2. The summed E-state index contributed by atoms with van der Waals surface area (Å²) in [4.78, 5) is 27.4. The number of rotatable bonds is 3. The molecule has 0 fully saturated rings. The molecule has 0 bridgehead atoms. The SMILES string of the molecule is Cc1nn(C)c2sc(C(=O)N(C)CC(=O)NC(C)(C)C)cc12. The fourth-order valence-electron chi connectivity index (χ4n) is 2.24. The first-order chi connectivity index (χ1) is 10.1. The molecule has 1 N–H and O–H groups in total. The summed E-state index contributed by atoms with van der Waals surface area (Å²) in [6.07, 6.45) is 0. The highest BCUT2D eigenvalue weighted by molar-refractivity contribution is 7.20. The topological polar surface area (TPSA) is 67.2 Å². The van der Waals surface area contributed by atoms with Gasteiger partial charge in [-0.3, -0.25) is 14.3 Å². The highest BCUT2D eigenvalue weighted by atomic mass is 32.1. The normalized spacial score (nSPS) is 11.7. The van der Waals surface area contributed by atoms with Gasteiger partial charge < -0.3 is 10.2 Å². The number of fused-ring (bicyclic) bond motifs is 1. The molecule has 2 aromatic heterocycles. The number of likely N-dealkylation sites (N-methyl/N-ethyl adjacent to an activating group) is 1. The number of hydrogen-bond donors (Lipinski definition) is 1. The molecule has 0 saturated heterocycles. The maximum Gasteiger partial charge on any atom is 0.264 e. The average Bonchev–Trinajstić information content (AvgIpc) is 2.89. The van der Waals surface area contributed by atoms with E-state index in [1.807, 2.05) is 40.8 Å². The first kappa shape index (κ1) is 16.5. The van der Waals surface area contributed by atoms with Crippen LogP contribution in [0.4, 0.5) is 0 Å². The van der Waals surface area contributed by atoms with Crippen LogP contribution in [0, 0.1) is 6.92 Å². The predicted molar refractivity (Wildman–Crippen MR) is 88.2 cm³/mol. The average molecular weight is 322 g/mol. The summed E-state index contributed by atoms with van der Waals surface area (Å²) < 4.78 is 1.78. The third-order valence-corrected chi connectivity index (χ3v) is 4.34. The Labute approximate surface area is 134 Å². The van der Waals surface area contributed by atoms with Crippen molar-refractivity contribution in [2.24, 2.45) is 7.05 Å². The second-order valence-corrected chi connectivity index (χ2v) is 7.53. The molecule has 0 saturated carbocycles. The molecule has 2 amide bonds. The van der Waals surface area contributed by atoms with Gasteiger partial charge in [0.1, 0.15) is 4.83 Å². The lowest BCUT2D eigenvalue weighted by atomic mass is 10.1. The number of carbonyl (C=O) groups is 2. The van der Waals surface area contributed by atoms with Gasteiger partial charge in [-0.2, -0.15) is 5.10 Å². The fourth-order valence-corrected chi connectivity index (χ4v) is 3.36. The zero-order valence-corrected chi connectivity index (χ0v) is 14.7. The molecular formula is C15H22N4O2S. The minimum Gasteiger partial charge on any atom is -0.350 e. The monoisotopic (exact) mass is 322 g/mol. The Balaban J connectivity index is 2.12. The minimum atomic E-state index is -0.304. The Kier molecular flexibility index (Phi) is 4.28. The highest BCUT2D eigenvalue weighted by Gasteiger charge is 2.21. The lowest BCUT2D eigenvalue weighted by Gasteiger charge is -2.23. The van der Waals surface area contributed by atoms with Gasteiger partial charge in [0, 0.05) is 25.0 Å². The van der Waals surface area contributed by atoms with Crippen LogP contribution in [0.25, 0.3) is 10.2 Å². The van der Waals surface area contributed by atoms with E-state index in [2.05, 4.69) is 10.4 Å². The predicted octanol–water partition coefficient (Wildman–Crippen LogP) is 1.93. The van der Waals surface area contributed by atoms with Crippen LogP contribution in [-0.4, -0.2) is 45.6 Å². The minimum absolute atomic E-state index is 0.0432. The molecule has 6 nitrogen and oxygen atoms in total. The smallest absolute Gasteiger partial charge is 0.264 e. The quantitative estimate of drug-likeness (QED) is 0.939. The van der Waals surface area contributed by atoms with Gasteiger partial charge in [0.15, 0.2) is 0 Å². The number of nitrogens with one attached hydrogen (secondary N) is 1. The van der Waals surface area contributed by atoms with Crippen LogP contribution in [0.3, 0.4) is 0 Å². The van der Waals surface area contributed by atoms with Crippen molar-refractivity contribution in [3.05, 3.63) is 16.6 Å². The van der Waals surface area contributed by atoms with Gasteiger partial charge in [0.05, 0.1) is 17.1 Å². The number of aromatic nitrogens is 2. The second kappa shape index (κ2) is 5.72. The van der Waals surface area contributed by atoms with E-state index in [9.17, 15) is 9.59 Å². The largest absolute Gasteiger partial charge is 0.350 e. The van der Waals surface area contributed by atoms with Gasteiger partial charge in [-0.25, -0.2) is 0 Å². The van der Waals surface area contributed by atoms with Gasteiger partial charge in [0.25, 0.3) is 5.91 Å². The van der Waals surface area contributed by atoms with Gasteiger partial charge >= 0.3 is 0 Å². The molecule has 0 atom stereocenters.